The number of aromatic nitrogens is 1. The van der Waals surface area contributed by atoms with Gasteiger partial charge in [-0.3, -0.25) is 4.79 Å². The summed E-state index contributed by atoms with van der Waals surface area (Å²) >= 11 is 0. The molecule has 3 N–H and O–H groups in total. The van der Waals surface area contributed by atoms with Gasteiger partial charge in [0, 0.05) is 37.4 Å². The molecule has 1 aliphatic carbocycles. The van der Waals surface area contributed by atoms with Gasteiger partial charge < -0.3 is 34.7 Å². The number of pyridine rings is 1. The second-order valence-corrected chi connectivity index (χ2v) is 13.4. The van der Waals surface area contributed by atoms with Crippen molar-refractivity contribution in [2.24, 2.45) is 5.41 Å². The Kier molecular flexibility index (Phi) is 7.87. The van der Waals surface area contributed by atoms with Crippen molar-refractivity contribution in [3.8, 4) is 17.4 Å². The molecule has 3 aliphatic heterocycles. The lowest BCUT2D eigenvalue weighted by Crippen LogP contribution is -2.53. The third-order valence-electron chi connectivity index (χ3n) is 8.68. The molecule has 1 aromatic heterocycles. The standard InChI is InChI=1S/C32H43N3O6/c1-31(2,3)15-21-12-22-24(16-32(9-5-10-32)41-30(22)34-17-21)33-18-25(36)23(35-29(37)27-6-4-11-38-27)13-20-7-8-26-28(14-20)40-19-39-26/h7-8,12,14,17,23-25,27,33,36H,4-6,9-11,13,15-16,18-19H2,1-3H3,(H,35,37)/t23-,24-,25+,27-/m0/s1. The van der Waals surface area contributed by atoms with E-state index in [-0.39, 0.29) is 29.8 Å². The Hall–Kier alpha value is -2.88. The third-order valence-corrected chi connectivity index (χ3v) is 8.68. The van der Waals surface area contributed by atoms with Crippen LogP contribution in [0.2, 0.25) is 0 Å². The van der Waals surface area contributed by atoms with Gasteiger partial charge in [0.05, 0.1) is 12.1 Å². The van der Waals surface area contributed by atoms with Crippen LogP contribution in [0.5, 0.6) is 17.4 Å². The molecule has 4 aliphatic rings. The molecule has 4 atom stereocenters. The summed E-state index contributed by atoms with van der Waals surface area (Å²) in [4.78, 5) is 17.8. The van der Waals surface area contributed by atoms with E-state index in [9.17, 15) is 9.90 Å². The Morgan fingerprint density at radius 1 is 1.15 bits per heavy atom. The maximum Gasteiger partial charge on any atom is 0.249 e. The van der Waals surface area contributed by atoms with Crippen LogP contribution >= 0.6 is 0 Å². The molecule has 222 valence electrons. The monoisotopic (exact) mass is 565 g/mol. The lowest BCUT2D eigenvalue weighted by atomic mass is 9.73. The summed E-state index contributed by atoms with van der Waals surface area (Å²) < 4.78 is 23.1. The molecule has 1 aromatic carbocycles. The molecule has 9 nitrogen and oxygen atoms in total. The zero-order chi connectivity index (χ0) is 28.6. The van der Waals surface area contributed by atoms with Crippen molar-refractivity contribution in [1.29, 1.82) is 0 Å². The van der Waals surface area contributed by atoms with Crippen molar-refractivity contribution in [3.05, 3.63) is 47.2 Å². The molecular formula is C32H43N3O6. The van der Waals surface area contributed by atoms with Crippen LogP contribution in [0.1, 0.15) is 82.0 Å². The molecule has 41 heavy (non-hydrogen) atoms. The third kappa shape index (κ3) is 6.47. The summed E-state index contributed by atoms with van der Waals surface area (Å²) in [5, 5.41) is 18.3. The van der Waals surface area contributed by atoms with E-state index >= 15 is 0 Å². The number of hydrogen-bond donors (Lipinski definition) is 3. The first-order valence-corrected chi connectivity index (χ1v) is 15.1. The van der Waals surface area contributed by atoms with Crippen molar-refractivity contribution < 1.29 is 28.8 Å². The molecule has 4 heterocycles. The van der Waals surface area contributed by atoms with Gasteiger partial charge in [0.1, 0.15) is 11.7 Å². The molecule has 1 saturated heterocycles. The number of aliphatic hydroxyl groups excluding tert-OH is 1. The predicted octanol–water partition coefficient (Wildman–Crippen LogP) is 4.00. The number of carbonyl (C=O) groups excluding carboxylic acids is 1. The van der Waals surface area contributed by atoms with Gasteiger partial charge >= 0.3 is 0 Å². The van der Waals surface area contributed by atoms with Crippen LogP contribution in [-0.2, 0) is 22.4 Å². The first kappa shape index (κ1) is 28.2. The van der Waals surface area contributed by atoms with Crippen LogP contribution in [0, 0.1) is 5.41 Å². The number of rotatable bonds is 9. The summed E-state index contributed by atoms with van der Waals surface area (Å²) in [6, 6.07) is 7.46. The number of benzene rings is 1. The van der Waals surface area contributed by atoms with E-state index in [1.54, 1.807) is 0 Å². The SMILES string of the molecule is CC(C)(C)Cc1cnc2c(c1)[C@@H](NC[C@@H](O)[C@H](Cc1ccc3c(c1)OCO3)NC(=O)[C@@H]1CCCO1)CC1(CCC1)O2. The zero-order valence-corrected chi connectivity index (χ0v) is 24.4. The quantitative estimate of drug-likeness (QED) is 0.419. The highest BCUT2D eigenvalue weighted by Crippen LogP contribution is 2.48. The summed E-state index contributed by atoms with van der Waals surface area (Å²) in [6.45, 7) is 7.78. The van der Waals surface area contributed by atoms with Crippen LogP contribution in [-0.4, -0.2) is 59.8 Å². The molecular weight excluding hydrogens is 522 g/mol. The van der Waals surface area contributed by atoms with Crippen LogP contribution in [0.25, 0.3) is 0 Å². The van der Waals surface area contributed by atoms with E-state index in [1.165, 1.54) is 5.56 Å². The largest absolute Gasteiger partial charge is 0.471 e. The summed E-state index contributed by atoms with van der Waals surface area (Å²) in [5.41, 5.74) is 3.14. The number of hydrogen-bond acceptors (Lipinski definition) is 8. The second kappa shape index (κ2) is 11.4. The topological polar surface area (TPSA) is 111 Å². The van der Waals surface area contributed by atoms with Gasteiger partial charge in [-0.1, -0.05) is 26.8 Å². The summed E-state index contributed by atoms with van der Waals surface area (Å²) in [7, 11) is 0. The number of amides is 1. The van der Waals surface area contributed by atoms with Crippen molar-refractivity contribution in [2.45, 2.75) is 102 Å². The summed E-state index contributed by atoms with van der Waals surface area (Å²) in [6.07, 6.45) is 7.59. The van der Waals surface area contributed by atoms with Gasteiger partial charge in [-0.05, 0) is 79.7 Å². The Morgan fingerprint density at radius 3 is 2.71 bits per heavy atom. The Labute approximate surface area is 242 Å². The van der Waals surface area contributed by atoms with Crippen molar-refractivity contribution in [3.63, 3.8) is 0 Å². The maximum atomic E-state index is 13.1. The smallest absolute Gasteiger partial charge is 0.249 e. The Bertz CT molecular complexity index is 1250. The second-order valence-electron chi connectivity index (χ2n) is 13.4. The average Bonchev–Trinajstić information content (AvgIpc) is 3.61. The Morgan fingerprint density at radius 2 is 1.98 bits per heavy atom. The molecule has 1 saturated carbocycles. The number of nitrogens with zero attached hydrogens (tertiary/aromatic N) is 1. The number of carbonyl (C=O) groups is 1. The molecule has 2 aromatic rings. The average molecular weight is 566 g/mol. The van der Waals surface area contributed by atoms with E-state index in [2.05, 4.69) is 37.5 Å². The fraction of sp³-hybridized carbons (Fsp3) is 0.625. The fourth-order valence-electron chi connectivity index (χ4n) is 6.42. The number of fused-ring (bicyclic) bond motifs is 2. The lowest BCUT2D eigenvalue weighted by molar-refractivity contribution is -0.131. The normalized spacial score (nSPS) is 23.8. The van der Waals surface area contributed by atoms with Gasteiger partial charge in [0.2, 0.25) is 18.6 Å². The van der Waals surface area contributed by atoms with E-state index in [1.807, 2.05) is 24.4 Å². The van der Waals surface area contributed by atoms with E-state index in [0.717, 1.165) is 49.7 Å². The zero-order valence-electron chi connectivity index (χ0n) is 24.4. The van der Waals surface area contributed by atoms with Gasteiger partial charge in [-0.15, -0.1) is 0 Å². The molecule has 1 spiro atoms. The molecule has 1 amide bonds. The molecule has 9 heteroatoms. The van der Waals surface area contributed by atoms with Crippen LogP contribution in [0.15, 0.2) is 30.5 Å². The molecule has 0 bridgehead atoms. The minimum Gasteiger partial charge on any atom is -0.471 e. The number of aliphatic hydroxyl groups is 1. The van der Waals surface area contributed by atoms with Crippen LogP contribution in [0.4, 0.5) is 0 Å². The van der Waals surface area contributed by atoms with Gasteiger partial charge in [0.25, 0.3) is 0 Å². The van der Waals surface area contributed by atoms with Crippen molar-refractivity contribution in [1.82, 2.24) is 15.6 Å². The van der Waals surface area contributed by atoms with Crippen molar-refractivity contribution in [2.75, 3.05) is 19.9 Å². The first-order chi connectivity index (χ1) is 19.7. The van der Waals surface area contributed by atoms with E-state index in [4.69, 9.17) is 23.9 Å². The minimum atomic E-state index is -0.833. The van der Waals surface area contributed by atoms with Gasteiger partial charge in [0.15, 0.2) is 11.5 Å². The Balaban J connectivity index is 1.19. The molecule has 6 rings (SSSR count). The molecule has 0 unspecified atom stereocenters. The van der Waals surface area contributed by atoms with E-state index in [0.29, 0.717) is 43.4 Å². The van der Waals surface area contributed by atoms with Gasteiger partial charge in [-0.25, -0.2) is 4.98 Å². The fourth-order valence-corrected chi connectivity index (χ4v) is 6.42. The predicted molar refractivity (Wildman–Crippen MR) is 153 cm³/mol. The van der Waals surface area contributed by atoms with Crippen molar-refractivity contribution >= 4 is 5.91 Å². The highest BCUT2D eigenvalue weighted by atomic mass is 16.7. The molecule has 0 radical (unpaired) electrons. The number of nitrogens with one attached hydrogen (secondary N) is 2. The van der Waals surface area contributed by atoms with Crippen LogP contribution in [0.3, 0.4) is 0 Å². The first-order valence-electron chi connectivity index (χ1n) is 15.1. The minimum absolute atomic E-state index is 0.00109. The maximum absolute atomic E-state index is 13.1. The highest BCUT2D eigenvalue weighted by Gasteiger charge is 2.46. The van der Waals surface area contributed by atoms with E-state index < -0.39 is 18.2 Å². The summed E-state index contributed by atoms with van der Waals surface area (Å²) in [5.74, 6) is 1.92. The number of ether oxygens (including phenoxy) is 4. The highest BCUT2D eigenvalue weighted by molar-refractivity contribution is 5.81. The lowest BCUT2D eigenvalue weighted by Gasteiger charge is -2.47. The van der Waals surface area contributed by atoms with Crippen LogP contribution < -0.4 is 24.8 Å². The molecule has 2 fully saturated rings. The van der Waals surface area contributed by atoms with Gasteiger partial charge in [-0.2, -0.15) is 0 Å².